The summed E-state index contributed by atoms with van der Waals surface area (Å²) >= 11 is 0. The van der Waals surface area contributed by atoms with E-state index in [2.05, 4.69) is 21.2 Å². The van der Waals surface area contributed by atoms with Crippen LogP contribution in [0.1, 0.15) is 45.7 Å². The molecule has 5 rings (SSSR count). The van der Waals surface area contributed by atoms with Gasteiger partial charge in [0.25, 0.3) is 0 Å². The number of rotatable bonds is 13. The van der Waals surface area contributed by atoms with E-state index in [1.54, 1.807) is 24.3 Å². The van der Waals surface area contributed by atoms with Gasteiger partial charge in [-0.3, -0.25) is 9.32 Å². The molecule has 0 radical (unpaired) electrons. The molecule has 3 heterocycles. The fourth-order valence-electron chi connectivity index (χ4n) is 5.31. The number of nitrogens with zero attached hydrogens (tertiary/aromatic N) is 4. The Morgan fingerprint density at radius 3 is 2.76 bits per heavy atom. The number of benzene rings is 2. The minimum atomic E-state index is -4.32. The number of nitrogens with two attached hydrogens (primary N) is 1. The lowest BCUT2D eigenvalue weighted by Crippen LogP contribution is -2.37. The van der Waals surface area contributed by atoms with Crippen LogP contribution < -0.4 is 15.3 Å². The number of aromatic nitrogens is 3. The average molecular weight is 637 g/mol. The first-order valence-corrected chi connectivity index (χ1v) is 16.4. The molecule has 45 heavy (non-hydrogen) atoms. The average Bonchev–Trinajstić information content (AvgIpc) is 3.63. The Bertz CT molecular complexity index is 1750. The van der Waals surface area contributed by atoms with Crippen LogP contribution in [0.25, 0.3) is 16.3 Å². The maximum Gasteiger partial charge on any atom is 0.459 e. The van der Waals surface area contributed by atoms with Gasteiger partial charge in [0.05, 0.1) is 25.0 Å². The third-order valence-electron chi connectivity index (χ3n) is 8.05. The van der Waals surface area contributed by atoms with Gasteiger partial charge >= 0.3 is 13.7 Å². The zero-order valence-electron chi connectivity index (χ0n) is 25.3. The third-order valence-corrected chi connectivity index (χ3v) is 9.68. The predicted octanol–water partition coefficient (Wildman–Crippen LogP) is 4.49. The van der Waals surface area contributed by atoms with Crippen molar-refractivity contribution in [1.82, 2.24) is 19.7 Å². The number of nitrogen functional groups attached to an aromatic ring is 1. The minimum absolute atomic E-state index is 0.117. The molecule has 0 bridgehead atoms. The smallest absolute Gasteiger partial charge is 0.459 e. The molecule has 2 aromatic carbocycles. The van der Waals surface area contributed by atoms with Crippen molar-refractivity contribution < 1.29 is 33.0 Å². The summed E-state index contributed by atoms with van der Waals surface area (Å²) in [5.41, 5.74) is 5.17. The summed E-state index contributed by atoms with van der Waals surface area (Å²) < 4.78 is 39.2. The molecular formula is C31H37N6O7P. The molecular weight excluding hydrogens is 599 g/mol. The van der Waals surface area contributed by atoms with Crippen molar-refractivity contribution in [3.63, 3.8) is 0 Å². The van der Waals surface area contributed by atoms with Crippen LogP contribution in [0.3, 0.4) is 0 Å². The maximum atomic E-state index is 14.3. The number of esters is 1. The van der Waals surface area contributed by atoms with E-state index in [-0.39, 0.29) is 30.5 Å². The van der Waals surface area contributed by atoms with Crippen LogP contribution >= 0.6 is 7.75 Å². The summed E-state index contributed by atoms with van der Waals surface area (Å²) in [5.74, 6) is 0.0677. The van der Waals surface area contributed by atoms with Crippen LogP contribution in [0.4, 0.5) is 5.82 Å². The lowest BCUT2D eigenvalue weighted by Gasteiger charge is -2.26. The van der Waals surface area contributed by atoms with Gasteiger partial charge in [-0.2, -0.15) is 15.4 Å². The number of anilines is 1. The van der Waals surface area contributed by atoms with Crippen LogP contribution in [0, 0.1) is 17.2 Å². The summed E-state index contributed by atoms with van der Waals surface area (Å²) in [5, 5.41) is 29.6. The second kappa shape index (κ2) is 13.5. The summed E-state index contributed by atoms with van der Waals surface area (Å²) in [6, 6.07) is 17.0. The second-order valence-corrected chi connectivity index (χ2v) is 12.7. The van der Waals surface area contributed by atoms with Gasteiger partial charge in [0, 0.05) is 11.8 Å². The van der Waals surface area contributed by atoms with E-state index >= 15 is 0 Å². The molecule has 14 heteroatoms. The number of aliphatic hydroxyl groups is 1. The van der Waals surface area contributed by atoms with Crippen molar-refractivity contribution in [2.75, 3.05) is 18.9 Å². The highest BCUT2D eigenvalue weighted by atomic mass is 31.2. The largest absolute Gasteiger partial charge is 0.464 e. The van der Waals surface area contributed by atoms with Gasteiger partial charge in [-0.15, -0.1) is 0 Å². The highest BCUT2D eigenvalue weighted by Crippen LogP contribution is 2.48. The van der Waals surface area contributed by atoms with Crippen LogP contribution in [-0.4, -0.2) is 57.1 Å². The molecule has 2 aromatic heterocycles. The molecule has 0 amide bonds. The molecule has 13 nitrogen and oxygen atoms in total. The number of aliphatic hydroxyl groups excluding tert-OH is 1. The van der Waals surface area contributed by atoms with E-state index in [0.717, 1.165) is 18.2 Å². The van der Waals surface area contributed by atoms with Crippen molar-refractivity contribution >= 4 is 35.8 Å². The molecule has 1 aliphatic heterocycles. The first-order valence-electron chi connectivity index (χ1n) is 14.8. The number of hydrogen-bond donors (Lipinski definition) is 3. The summed E-state index contributed by atoms with van der Waals surface area (Å²) in [6.45, 7) is 5.34. The third kappa shape index (κ3) is 6.81. The molecule has 4 N–H and O–H groups in total. The first kappa shape index (κ1) is 32.3. The van der Waals surface area contributed by atoms with E-state index in [1.165, 1.54) is 17.8 Å². The van der Waals surface area contributed by atoms with E-state index < -0.39 is 44.2 Å². The van der Waals surface area contributed by atoms with E-state index in [0.29, 0.717) is 16.6 Å². The lowest BCUT2D eigenvalue weighted by molar-refractivity contribution is -0.146. The Morgan fingerprint density at radius 2 is 2.00 bits per heavy atom. The minimum Gasteiger partial charge on any atom is -0.464 e. The van der Waals surface area contributed by atoms with Crippen molar-refractivity contribution in [1.29, 1.82) is 5.26 Å². The van der Waals surface area contributed by atoms with Gasteiger partial charge in [-0.1, -0.05) is 63.1 Å². The van der Waals surface area contributed by atoms with Crippen LogP contribution in [0.5, 0.6) is 5.75 Å². The van der Waals surface area contributed by atoms with Crippen molar-refractivity contribution in [3.05, 3.63) is 66.6 Å². The molecule has 238 valence electrons. The first-order chi connectivity index (χ1) is 21.6. The SMILES string of the molecule is CCC(CC)COC(=O)[C@H](C)NP(=O)(OC[C@H]1OC(C#N)(c2ccc3c(N)ncnn23)C[C@@H]1O)Oc1cccc2ccccc12. The van der Waals surface area contributed by atoms with Crippen molar-refractivity contribution in [3.8, 4) is 11.8 Å². The molecule has 0 spiro atoms. The summed E-state index contributed by atoms with van der Waals surface area (Å²) in [4.78, 5) is 16.8. The zero-order valence-corrected chi connectivity index (χ0v) is 26.2. The number of fused-ring (bicyclic) bond motifs is 2. The number of nitriles is 1. The van der Waals surface area contributed by atoms with Gasteiger partial charge in [-0.25, -0.2) is 14.1 Å². The number of nitrogens with one attached hydrogen (secondary N) is 1. The Balaban J connectivity index is 1.38. The predicted molar refractivity (Wildman–Crippen MR) is 166 cm³/mol. The van der Waals surface area contributed by atoms with Crippen molar-refractivity contribution in [2.45, 2.75) is 63.9 Å². The summed E-state index contributed by atoms with van der Waals surface area (Å²) in [6.07, 6.45) is 0.580. The van der Waals surface area contributed by atoms with Gasteiger partial charge in [0.15, 0.2) is 11.4 Å². The van der Waals surface area contributed by atoms with Crippen LogP contribution in [0.2, 0.25) is 0 Å². The Kier molecular flexibility index (Phi) is 9.72. The molecule has 1 saturated heterocycles. The highest BCUT2D eigenvalue weighted by molar-refractivity contribution is 7.52. The zero-order chi connectivity index (χ0) is 32.2. The Labute approximate surface area is 260 Å². The Hall–Kier alpha value is -4.05. The maximum absolute atomic E-state index is 14.3. The number of ether oxygens (including phenoxy) is 2. The fourth-order valence-corrected chi connectivity index (χ4v) is 6.84. The number of carbonyl (C=O) groups excluding carboxylic acids is 1. The van der Waals surface area contributed by atoms with Crippen LogP contribution in [-0.2, 0) is 29.0 Å². The van der Waals surface area contributed by atoms with E-state index in [1.807, 2.05) is 44.2 Å². The normalized spacial score (nSPS) is 21.9. The quantitative estimate of drug-likeness (QED) is 0.138. The van der Waals surface area contributed by atoms with E-state index in [4.69, 9.17) is 24.3 Å². The second-order valence-electron chi connectivity index (χ2n) is 11.1. The molecule has 4 aromatic rings. The fraction of sp³-hybridized carbons (Fsp3) is 0.419. The van der Waals surface area contributed by atoms with E-state index in [9.17, 15) is 19.7 Å². The highest BCUT2D eigenvalue weighted by Gasteiger charge is 2.50. The summed E-state index contributed by atoms with van der Waals surface area (Å²) in [7, 11) is -4.32. The number of hydrogen-bond acceptors (Lipinski definition) is 11. The molecule has 0 aliphatic carbocycles. The Morgan fingerprint density at radius 1 is 1.24 bits per heavy atom. The standard InChI is InChI=1S/C31H37N6O7P/c1-4-21(5-2)16-41-30(39)20(3)36-45(40,44-26-12-8-10-22-9-6-7-11-23(22)26)42-17-27-25(38)15-31(18-32,43-27)28-14-13-24-29(33)34-19-35-37(24)28/h6-14,19-21,25,27,38H,4-5,15-17H2,1-3H3,(H,36,40)(H2,33,34,35)/t20-,25-,27+,31?,45?/m0/s1. The lowest BCUT2D eigenvalue weighted by atomic mass is 9.96. The van der Waals surface area contributed by atoms with Crippen molar-refractivity contribution in [2.24, 2.45) is 5.92 Å². The van der Waals surface area contributed by atoms with Crippen LogP contribution in [0.15, 0.2) is 60.9 Å². The number of carbonyl (C=O) groups is 1. The van der Waals surface area contributed by atoms with Gasteiger partial charge in [0.1, 0.15) is 35.8 Å². The molecule has 0 saturated carbocycles. The topological polar surface area (TPSA) is 183 Å². The van der Waals surface area contributed by atoms with Gasteiger partial charge in [-0.05, 0) is 36.4 Å². The molecule has 5 atom stereocenters. The van der Waals surface area contributed by atoms with Gasteiger partial charge < -0.3 is 24.8 Å². The molecule has 1 fully saturated rings. The molecule has 2 unspecified atom stereocenters. The molecule has 1 aliphatic rings. The monoisotopic (exact) mass is 636 g/mol. The van der Waals surface area contributed by atoms with Gasteiger partial charge in [0.2, 0.25) is 0 Å².